The summed E-state index contributed by atoms with van der Waals surface area (Å²) in [6.45, 7) is 57.3. The molecule has 7 heteroatoms. The van der Waals surface area contributed by atoms with Crippen molar-refractivity contribution in [2.24, 2.45) is 78.8 Å². The molecule has 0 saturated heterocycles. The summed E-state index contributed by atoms with van der Waals surface area (Å²) in [5, 5.41) is 8.67. The van der Waals surface area contributed by atoms with E-state index in [4.69, 9.17) is 5.11 Å². The zero-order chi connectivity index (χ0) is 47.8. The van der Waals surface area contributed by atoms with Gasteiger partial charge in [0, 0.05) is 12.5 Å². The second-order valence-electron chi connectivity index (χ2n) is 25.5. The molecule has 2 rings (SSSR count). The number of hydrogen-bond donors (Lipinski definition) is 1. The minimum atomic E-state index is -4.06. The van der Waals surface area contributed by atoms with E-state index in [1.807, 2.05) is 27.7 Å². The summed E-state index contributed by atoms with van der Waals surface area (Å²) in [4.78, 5) is 0. The second kappa shape index (κ2) is 25.5. The number of rotatable bonds is 3. The lowest BCUT2D eigenvalue weighted by Gasteiger charge is -2.28. The molecule has 1 nitrogen and oxygen atoms in total. The highest BCUT2D eigenvalue weighted by Crippen LogP contribution is 2.57. The molecule has 0 aromatic rings. The van der Waals surface area contributed by atoms with Gasteiger partial charge in [-0.15, -0.1) is 0 Å². The highest BCUT2D eigenvalue weighted by Gasteiger charge is 2.47. The molecule has 0 amide bonds. The van der Waals surface area contributed by atoms with Crippen molar-refractivity contribution in [3.05, 3.63) is 0 Å². The van der Waals surface area contributed by atoms with Crippen LogP contribution in [-0.2, 0) is 0 Å². The van der Waals surface area contributed by atoms with E-state index in [9.17, 15) is 26.3 Å². The Hall–Kier alpha value is -0.460. The first-order valence-corrected chi connectivity index (χ1v) is 22.0. The Morgan fingerprint density at radius 1 is 0.544 bits per heavy atom. The largest absolute Gasteiger partial charge is 0.396 e. The van der Waals surface area contributed by atoms with Crippen LogP contribution in [-0.4, -0.2) is 31.0 Å². The predicted molar refractivity (Wildman–Crippen MR) is 243 cm³/mol. The molecule has 0 bridgehead atoms. The van der Waals surface area contributed by atoms with Gasteiger partial charge in [-0.25, -0.2) is 8.78 Å². The SMILES string of the molecule is CC(C(C)(C)C)C(F)(F)F.CC(C(F)F)C(C)(C)C.CC(C)(C)C1(C)CC1.CC(C)(C)C1CC1.CC(C)C(C)(C)C.CC(CF)C(C)(C)C.CC(CO)C(C)(C)C. The molecular weight excluding hydrogens is 731 g/mol. The van der Waals surface area contributed by atoms with Crippen molar-refractivity contribution in [3.63, 3.8) is 0 Å². The van der Waals surface area contributed by atoms with Crippen LogP contribution in [0.3, 0.4) is 0 Å². The number of aliphatic hydroxyl groups excluding tert-OH is 1. The first kappa shape index (κ1) is 65.7. The smallest absolute Gasteiger partial charge is 0.392 e. The molecule has 4 unspecified atom stereocenters. The Labute approximate surface area is 354 Å². The number of hydrogen-bond acceptors (Lipinski definition) is 1. The van der Waals surface area contributed by atoms with Gasteiger partial charge in [0.25, 0.3) is 0 Å². The van der Waals surface area contributed by atoms with Crippen molar-refractivity contribution in [2.45, 2.75) is 232 Å². The normalized spacial score (nSPS) is 18.1. The summed E-state index contributed by atoms with van der Waals surface area (Å²) in [6.07, 6.45) is -0.414. The van der Waals surface area contributed by atoms with Crippen LogP contribution >= 0.6 is 0 Å². The van der Waals surface area contributed by atoms with Crippen LogP contribution in [0, 0.1) is 78.8 Å². The topological polar surface area (TPSA) is 20.2 Å². The van der Waals surface area contributed by atoms with Crippen molar-refractivity contribution in [2.75, 3.05) is 13.3 Å². The van der Waals surface area contributed by atoms with Crippen LogP contribution < -0.4 is 0 Å². The van der Waals surface area contributed by atoms with Gasteiger partial charge in [-0.1, -0.05) is 194 Å². The average Bonchev–Trinajstić information content (AvgIpc) is 3.90. The summed E-state index contributed by atoms with van der Waals surface area (Å²) >= 11 is 0. The molecule has 0 spiro atoms. The maximum absolute atomic E-state index is 11.9. The van der Waals surface area contributed by atoms with E-state index in [2.05, 4.69) is 132 Å². The van der Waals surface area contributed by atoms with Crippen LogP contribution in [0.5, 0.6) is 0 Å². The standard InChI is InChI=1S/C8H16.C7H13F3.C7H14F2.C7H15F.C7H16O.C7H14.C7H16/c1-7(2,3)8(4)5-6-8;1-5(6(2,3)4)7(8,9)10;1-5(6(8)9)7(2,3)4;2*1-6(5-8)7(2,3)4;1-7(2,3)6-4-5-6;1-6(2)7(3,4)5/h5-6H2,1-4H3;5H,1-4H3;5-6H,1-4H3;6H,5H2,1-4H3;6,8H,5H2,1-4H3;6H,4-5H2,1-3H3;6H,1-5H3. The fraction of sp³-hybridized carbons (Fsp3) is 1.00. The molecule has 0 aromatic heterocycles. The van der Waals surface area contributed by atoms with E-state index >= 15 is 0 Å². The minimum absolute atomic E-state index is 0.134. The lowest BCUT2D eigenvalue weighted by atomic mass is 9.79. The van der Waals surface area contributed by atoms with Gasteiger partial charge in [-0.2, -0.15) is 13.2 Å². The highest BCUT2D eigenvalue weighted by molar-refractivity contribution is 4.97. The molecule has 57 heavy (non-hydrogen) atoms. The third-order valence-electron chi connectivity index (χ3n) is 13.3. The Morgan fingerprint density at radius 2 is 0.860 bits per heavy atom. The summed E-state index contributed by atoms with van der Waals surface area (Å²) in [5.74, 6) is 0.683. The van der Waals surface area contributed by atoms with Gasteiger partial charge < -0.3 is 5.11 Å². The average molecular weight is 835 g/mol. The molecule has 2 aliphatic carbocycles. The van der Waals surface area contributed by atoms with E-state index in [0.717, 1.165) is 11.8 Å². The summed E-state index contributed by atoms with van der Waals surface area (Å²) in [5.41, 5.74) is 1.79. The van der Waals surface area contributed by atoms with Crippen LogP contribution in [0.2, 0.25) is 0 Å². The van der Waals surface area contributed by atoms with Crippen molar-refractivity contribution in [3.8, 4) is 0 Å². The number of aliphatic hydroxyl groups is 1. The fourth-order valence-electron chi connectivity index (χ4n) is 3.26. The molecule has 2 saturated carbocycles. The molecule has 0 heterocycles. The van der Waals surface area contributed by atoms with Crippen LogP contribution in [0.1, 0.15) is 220 Å². The fourth-order valence-corrected chi connectivity index (χ4v) is 3.26. The van der Waals surface area contributed by atoms with Crippen LogP contribution in [0.15, 0.2) is 0 Å². The van der Waals surface area contributed by atoms with Crippen LogP contribution in [0.4, 0.5) is 26.3 Å². The van der Waals surface area contributed by atoms with Crippen molar-refractivity contribution in [1.29, 1.82) is 0 Å². The molecular formula is C50H104F6O. The Morgan fingerprint density at radius 3 is 0.860 bits per heavy atom. The summed E-state index contributed by atoms with van der Waals surface area (Å²) in [7, 11) is 0. The Balaban J connectivity index is -0.000000185. The van der Waals surface area contributed by atoms with E-state index < -0.39 is 29.9 Å². The van der Waals surface area contributed by atoms with E-state index in [1.165, 1.54) is 32.6 Å². The van der Waals surface area contributed by atoms with Crippen molar-refractivity contribution < 1.29 is 31.4 Å². The van der Waals surface area contributed by atoms with Crippen molar-refractivity contribution in [1.82, 2.24) is 0 Å². The number of alkyl halides is 6. The summed E-state index contributed by atoms with van der Waals surface area (Å²) in [6, 6.07) is 0. The monoisotopic (exact) mass is 835 g/mol. The van der Waals surface area contributed by atoms with E-state index in [-0.39, 0.29) is 28.8 Å². The molecule has 1 N–H and O–H groups in total. The molecule has 4 atom stereocenters. The molecule has 2 fully saturated rings. The predicted octanol–water partition coefficient (Wildman–Crippen LogP) is 18.4. The first-order chi connectivity index (χ1) is 24.5. The second-order valence-corrected chi connectivity index (χ2v) is 25.5. The lowest BCUT2D eigenvalue weighted by molar-refractivity contribution is -0.194. The van der Waals surface area contributed by atoms with Gasteiger partial charge in [0.1, 0.15) is 0 Å². The Kier molecular flexibility index (Phi) is 29.3. The van der Waals surface area contributed by atoms with E-state index in [0.29, 0.717) is 34.2 Å². The zero-order valence-electron chi connectivity index (χ0n) is 43.5. The molecule has 0 aromatic carbocycles. The van der Waals surface area contributed by atoms with Gasteiger partial charge in [0.05, 0.1) is 12.6 Å². The molecule has 0 radical (unpaired) electrons. The first-order valence-electron chi connectivity index (χ1n) is 22.0. The minimum Gasteiger partial charge on any atom is -0.396 e. The molecule has 0 aliphatic heterocycles. The molecule has 352 valence electrons. The highest BCUT2D eigenvalue weighted by atomic mass is 19.4. The van der Waals surface area contributed by atoms with Gasteiger partial charge >= 0.3 is 6.18 Å². The maximum Gasteiger partial charge on any atom is 0.392 e. The number of halogens is 6. The quantitative estimate of drug-likeness (QED) is 0.281. The van der Waals surface area contributed by atoms with Crippen LogP contribution in [0.25, 0.3) is 0 Å². The molecule has 2 aliphatic rings. The summed E-state index contributed by atoms with van der Waals surface area (Å²) < 4.78 is 71.6. The zero-order valence-corrected chi connectivity index (χ0v) is 43.5. The van der Waals surface area contributed by atoms with Crippen molar-refractivity contribution >= 4 is 0 Å². The third kappa shape index (κ3) is 36.0. The maximum atomic E-state index is 11.9. The third-order valence-corrected chi connectivity index (χ3v) is 13.3. The lowest BCUT2D eigenvalue weighted by Crippen LogP contribution is -2.31. The van der Waals surface area contributed by atoms with Gasteiger partial charge in [0.2, 0.25) is 6.43 Å². The Bertz CT molecular complexity index is 923. The van der Waals surface area contributed by atoms with E-state index in [1.54, 1.807) is 27.7 Å². The van der Waals surface area contributed by atoms with Gasteiger partial charge in [0.15, 0.2) is 0 Å². The van der Waals surface area contributed by atoms with Gasteiger partial charge in [-0.3, -0.25) is 4.39 Å². The van der Waals surface area contributed by atoms with Gasteiger partial charge in [-0.05, 0) is 92.7 Å².